The first-order valence-electron chi connectivity index (χ1n) is 10.3. The molecule has 8 nitrogen and oxygen atoms in total. The Labute approximate surface area is 181 Å². The maximum absolute atomic E-state index is 10.8. The smallest absolute Gasteiger partial charge is 0.269 e. The Bertz CT molecular complexity index is 789. The fraction of sp³-hybridized carbons (Fsp3) is 0.476. The highest BCUT2D eigenvalue weighted by atomic mass is 32.1. The van der Waals surface area contributed by atoms with E-state index in [2.05, 4.69) is 38.0 Å². The zero-order valence-electron chi connectivity index (χ0n) is 17.1. The summed E-state index contributed by atoms with van der Waals surface area (Å²) in [5.41, 5.74) is 1.03. The van der Waals surface area contributed by atoms with Gasteiger partial charge in [0.25, 0.3) is 5.69 Å². The molecule has 1 aliphatic rings. The standard InChI is InChI=1S/C21H29N5O3S/c27-26(28)19-6-4-18(5-7-19)17-24-21(23-10-8-20-3-1-16-30-20)22-9-2-11-25-12-14-29-15-13-25/h1,3-7,16H,2,8-15,17H2,(H2,22,23,24). The van der Waals surface area contributed by atoms with E-state index >= 15 is 0 Å². The fourth-order valence-corrected chi connectivity index (χ4v) is 3.87. The molecule has 2 aromatic rings. The Hall–Kier alpha value is -2.49. The summed E-state index contributed by atoms with van der Waals surface area (Å²) in [6, 6.07) is 10.7. The second-order valence-corrected chi connectivity index (χ2v) is 8.11. The minimum absolute atomic E-state index is 0.0956. The Morgan fingerprint density at radius 1 is 1.17 bits per heavy atom. The van der Waals surface area contributed by atoms with E-state index in [1.165, 1.54) is 17.0 Å². The van der Waals surface area contributed by atoms with Crippen molar-refractivity contribution in [2.75, 3.05) is 45.9 Å². The van der Waals surface area contributed by atoms with Gasteiger partial charge < -0.3 is 15.4 Å². The summed E-state index contributed by atoms with van der Waals surface area (Å²) in [4.78, 5) is 18.8. The quantitative estimate of drug-likeness (QED) is 0.198. The molecule has 30 heavy (non-hydrogen) atoms. The van der Waals surface area contributed by atoms with Gasteiger partial charge in [-0.2, -0.15) is 0 Å². The molecular formula is C21H29N5O3S. The summed E-state index contributed by atoms with van der Waals surface area (Å²) in [5, 5.41) is 19.7. The number of nitro benzene ring substituents is 1. The van der Waals surface area contributed by atoms with Gasteiger partial charge in [-0.25, -0.2) is 4.99 Å². The maximum Gasteiger partial charge on any atom is 0.269 e. The summed E-state index contributed by atoms with van der Waals surface area (Å²) >= 11 is 1.75. The molecule has 162 valence electrons. The van der Waals surface area contributed by atoms with Gasteiger partial charge in [-0.3, -0.25) is 15.0 Å². The molecule has 0 atom stereocenters. The third kappa shape index (κ3) is 7.74. The van der Waals surface area contributed by atoms with E-state index in [1.807, 2.05) is 0 Å². The Balaban J connectivity index is 1.49. The average Bonchev–Trinajstić information content (AvgIpc) is 3.29. The minimum atomic E-state index is -0.388. The topological polar surface area (TPSA) is 92.0 Å². The number of hydrogen-bond acceptors (Lipinski definition) is 6. The van der Waals surface area contributed by atoms with Crippen molar-refractivity contribution >= 4 is 23.0 Å². The van der Waals surface area contributed by atoms with Crippen LogP contribution in [0.15, 0.2) is 46.8 Å². The van der Waals surface area contributed by atoms with Crippen LogP contribution in [0.25, 0.3) is 0 Å². The number of nitrogens with zero attached hydrogens (tertiary/aromatic N) is 3. The second kappa shape index (κ2) is 12.3. The predicted octanol–water partition coefficient (Wildman–Crippen LogP) is 2.66. The number of thiophene rings is 1. The number of nitro groups is 1. The van der Waals surface area contributed by atoms with Crippen molar-refractivity contribution in [2.45, 2.75) is 19.4 Å². The summed E-state index contributed by atoms with van der Waals surface area (Å²) < 4.78 is 5.39. The van der Waals surface area contributed by atoms with Crippen LogP contribution < -0.4 is 10.6 Å². The van der Waals surface area contributed by atoms with E-state index in [-0.39, 0.29) is 10.6 Å². The normalized spacial score (nSPS) is 15.1. The monoisotopic (exact) mass is 431 g/mol. The lowest BCUT2D eigenvalue weighted by Gasteiger charge is -2.26. The molecule has 1 aromatic carbocycles. The van der Waals surface area contributed by atoms with E-state index in [4.69, 9.17) is 4.74 Å². The first-order chi connectivity index (χ1) is 14.7. The maximum atomic E-state index is 10.8. The molecule has 0 unspecified atom stereocenters. The lowest BCUT2D eigenvalue weighted by molar-refractivity contribution is -0.384. The highest BCUT2D eigenvalue weighted by molar-refractivity contribution is 7.09. The van der Waals surface area contributed by atoms with Crippen molar-refractivity contribution in [1.82, 2.24) is 15.5 Å². The van der Waals surface area contributed by atoms with Crippen LogP contribution in [-0.4, -0.2) is 61.7 Å². The molecule has 0 spiro atoms. The number of rotatable bonds is 10. The van der Waals surface area contributed by atoms with E-state index in [0.29, 0.717) is 6.54 Å². The van der Waals surface area contributed by atoms with Crippen molar-refractivity contribution in [2.24, 2.45) is 4.99 Å². The van der Waals surface area contributed by atoms with Gasteiger partial charge in [0.05, 0.1) is 24.7 Å². The average molecular weight is 432 g/mol. The number of hydrogen-bond donors (Lipinski definition) is 2. The molecule has 0 aliphatic carbocycles. The van der Waals surface area contributed by atoms with E-state index in [1.54, 1.807) is 23.5 Å². The van der Waals surface area contributed by atoms with Crippen molar-refractivity contribution in [3.05, 3.63) is 62.3 Å². The van der Waals surface area contributed by atoms with Crippen molar-refractivity contribution in [3.63, 3.8) is 0 Å². The van der Waals surface area contributed by atoms with Crippen LogP contribution in [0.4, 0.5) is 5.69 Å². The minimum Gasteiger partial charge on any atom is -0.379 e. The van der Waals surface area contributed by atoms with Crippen LogP contribution >= 0.6 is 11.3 Å². The molecule has 2 heterocycles. The van der Waals surface area contributed by atoms with Crippen LogP contribution in [0.2, 0.25) is 0 Å². The van der Waals surface area contributed by atoms with Gasteiger partial charge in [-0.05, 0) is 36.4 Å². The largest absolute Gasteiger partial charge is 0.379 e. The first kappa shape index (κ1) is 22.2. The summed E-state index contributed by atoms with van der Waals surface area (Å²) in [6.45, 7) is 6.79. The van der Waals surface area contributed by atoms with E-state index in [9.17, 15) is 10.1 Å². The van der Waals surface area contributed by atoms with Gasteiger partial charge in [0, 0.05) is 43.2 Å². The second-order valence-electron chi connectivity index (χ2n) is 7.08. The van der Waals surface area contributed by atoms with Crippen molar-refractivity contribution in [1.29, 1.82) is 0 Å². The highest BCUT2D eigenvalue weighted by Crippen LogP contribution is 2.12. The third-order valence-corrected chi connectivity index (χ3v) is 5.79. The van der Waals surface area contributed by atoms with Crippen LogP contribution in [0, 0.1) is 10.1 Å². The van der Waals surface area contributed by atoms with E-state index < -0.39 is 0 Å². The number of non-ortho nitro benzene ring substituents is 1. The number of aliphatic imine (C=N–C) groups is 1. The third-order valence-electron chi connectivity index (χ3n) is 4.86. The van der Waals surface area contributed by atoms with Crippen molar-refractivity contribution in [3.8, 4) is 0 Å². The van der Waals surface area contributed by atoms with Gasteiger partial charge in [0.15, 0.2) is 5.96 Å². The Kier molecular flexibility index (Phi) is 9.07. The molecule has 1 saturated heterocycles. The predicted molar refractivity (Wildman–Crippen MR) is 120 cm³/mol. The number of ether oxygens (including phenoxy) is 1. The number of morpholine rings is 1. The van der Waals surface area contributed by atoms with Gasteiger partial charge in [-0.1, -0.05) is 18.2 Å². The molecule has 1 fully saturated rings. The molecular weight excluding hydrogens is 402 g/mol. The zero-order valence-corrected chi connectivity index (χ0v) is 17.9. The number of guanidine groups is 1. The molecule has 0 amide bonds. The van der Waals surface area contributed by atoms with E-state index in [0.717, 1.165) is 70.3 Å². The number of nitrogens with one attached hydrogen (secondary N) is 2. The molecule has 1 aromatic heterocycles. The van der Waals surface area contributed by atoms with Crippen molar-refractivity contribution < 1.29 is 9.66 Å². The molecule has 0 radical (unpaired) electrons. The molecule has 1 aliphatic heterocycles. The highest BCUT2D eigenvalue weighted by Gasteiger charge is 2.09. The lowest BCUT2D eigenvalue weighted by atomic mass is 10.2. The summed E-state index contributed by atoms with van der Waals surface area (Å²) in [7, 11) is 0. The molecule has 2 N–H and O–H groups in total. The molecule has 3 rings (SSSR count). The van der Waals surface area contributed by atoms with Crippen LogP contribution in [0.3, 0.4) is 0 Å². The van der Waals surface area contributed by atoms with Gasteiger partial charge in [0.2, 0.25) is 0 Å². The zero-order chi connectivity index (χ0) is 21.0. The van der Waals surface area contributed by atoms with Crippen LogP contribution in [0.1, 0.15) is 16.9 Å². The van der Waals surface area contributed by atoms with Crippen LogP contribution in [-0.2, 0) is 17.7 Å². The molecule has 9 heteroatoms. The molecule has 0 saturated carbocycles. The van der Waals surface area contributed by atoms with Gasteiger partial charge >= 0.3 is 0 Å². The van der Waals surface area contributed by atoms with Gasteiger partial charge in [-0.15, -0.1) is 11.3 Å². The van der Waals surface area contributed by atoms with Gasteiger partial charge in [0.1, 0.15) is 0 Å². The SMILES string of the molecule is O=[N+]([O-])c1ccc(CN=C(NCCCN2CCOCC2)NCCc2cccs2)cc1. The Morgan fingerprint density at radius 2 is 1.93 bits per heavy atom. The fourth-order valence-electron chi connectivity index (χ4n) is 3.16. The molecule has 0 bridgehead atoms. The lowest BCUT2D eigenvalue weighted by Crippen LogP contribution is -2.41. The first-order valence-corrected chi connectivity index (χ1v) is 11.2. The van der Waals surface area contributed by atoms with Crippen LogP contribution in [0.5, 0.6) is 0 Å². The summed E-state index contributed by atoms with van der Waals surface area (Å²) in [6.07, 6.45) is 1.98. The Morgan fingerprint density at radius 3 is 2.63 bits per heavy atom. The number of benzene rings is 1. The summed E-state index contributed by atoms with van der Waals surface area (Å²) in [5.74, 6) is 0.770.